The SMILES string of the molecule is COc1cccc(CN(CC2CCCO2)C(=O)CCc2ncc(-c3ccc(F)cc3)o2)c1. The van der Waals surface area contributed by atoms with Crippen molar-refractivity contribution in [3.8, 4) is 17.1 Å². The maximum atomic E-state index is 13.1. The second-order valence-corrected chi connectivity index (χ2v) is 7.89. The molecule has 0 bridgehead atoms. The van der Waals surface area contributed by atoms with Gasteiger partial charge in [0.2, 0.25) is 5.91 Å². The van der Waals surface area contributed by atoms with Crippen LogP contribution < -0.4 is 4.74 Å². The van der Waals surface area contributed by atoms with Crippen molar-refractivity contribution < 1.29 is 23.1 Å². The number of amides is 1. The fraction of sp³-hybridized carbons (Fsp3) is 0.360. The number of oxazole rings is 1. The van der Waals surface area contributed by atoms with Gasteiger partial charge in [-0.05, 0) is 54.8 Å². The summed E-state index contributed by atoms with van der Waals surface area (Å²) in [5.41, 5.74) is 1.75. The van der Waals surface area contributed by atoms with E-state index in [1.165, 1.54) is 12.1 Å². The molecular weight excluding hydrogens is 411 g/mol. The monoisotopic (exact) mass is 438 g/mol. The third-order valence-electron chi connectivity index (χ3n) is 5.54. The number of methoxy groups -OCH3 is 1. The van der Waals surface area contributed by atoms with Crippen LogP contribution in [0, 0.1) is 5.82 Å². The van der Waals surface area contributed by atoms with Crippen LogP contribution in [0.2, 0.25) is 0 Å². The first kappa shape index (κ1) is 22.0. The van der Waals surface area contributed by atoms with Gasteiger partial charge in [0.25, 0.3) is 0 Å². The Bertz CT molecular complexity index is 1030. The van der Waals surface area contributed by atoms with Crippen LogP contribution in [-0.4, -0.2) is 42.2 Å². The van der Waals surface area contributed by atoms with E-state index in [9.17, 15) is 9.18 Å². The third-order valence-corrected chi connectivity index (χ3v) is 5.54. The first-order valence-corrected chi connectivity index (χ1v) is 10.8. The van der Waals surface area contributed by atoms with Crippen molar-refractivity contribution >= 4 is 5.91 Å². The summed E-state index contributed by atoms with van der Waals surface area (Å²) >= 11 is 0. The smallest absolute Gasteiger partial charge is 0.223 e. The van der Waals surface area contributed by atoms with Gasteiger partial charge in [-0.1, -0.05) is 12.1 Å². The Morgan fingerprint density at radius 2 is 2.09 bits per heavy atom. The lowest BCUT2D eigenvalue weighted by molar-refractivity contribution is -0.133. The number of aromatic nitrogens is 1. The predicted molar refractivity (Wildman–Crippen MR) is 118 cm³/mol. The van der Waals surface area contributed by atoms with Crippen molar-refractivity contribution in [2.24, 2.45) is 0 Å². The average molecular weight is 438 g/mol. The van der Waals surface area contributed by atoms with Crippen LogP contribution in [0.5, 0.6) is 5.75 Å². The van der Waals surface area contributed by atoms with Crippen LogP contribution in [0.4, 0.5) is 4.39 Å². The van der Waals surface area contributed by atoms with Crippen molar-refractivity contribution in [1.82, 2.24) is 9.88 Å². The molecule has 1 saturated heterocycles. The zero-order valence-electron chi connectivity index (χ0n) is 18.1. The van der Waals surface area contributed by atoms with E-state index in [4.69, 9.17) is 13.9 Å². The van der Waals surface area contributed by atoms with E-state index >= 15 is 0 Å². The standard InChI is InChI=1S/C25H27FN2O4/c1-30-21-5-2-4-18(14-21)16-28(17-22-6-3-13-31-22)25(29)12-11-24-27-15-23(32-24)19-7-9-20(26)10-8-19/h2,4-5,7-10,14-15,22H,3,6,11-13,16-17H2,1H3. The highest BCUT2D eigenvalue weighted by Crippen LogP contribution is 2.22. The molecule has 4 rings (SSSR count). The number of hydrogen-bond donors (Lipinski definition) is 0. The molecule has 1 amide bonds. The van der Waals surface area contributed by atoms with E-state index < -0.39 is 0 Å². The molecule has 3 aromatic rings. The number of hydrogen-bond acceptors (Lipinski definition) is 5. The van der Waals surface area contributed by atoms with Gasteiger partial charge in [0.15, 0.2) is 11.7 Å². The number of aryl methyl sites for hydroxylation is 1. The van der Waals surface area contributed by atoms with Gasteiger partial charge in [-0.15, -0.1) is 0 Å². The minimum absolute atomic E-state index is 0.0184. The number of ether oxygens (including phenoxy) is 2. The molecule has 0 N–H and O–H groups in total. The Balaban J connectivity index is 1.40. The van der Waals surface area contributed by atoms with Crippen LogP contribution in [0.25, 0.3) is 11.3 Å². The lowest BCUT2D eigenvalue weighted by Crippen LogP contribution is -2.37. The molecule has 168 valence electrons. The lowest BCUT2D eigenvalue weighted by Gasteiger charge is -2.26. The van der Waals surface area contributed by atoms with Gasteiger partial charge < -0.3 is 18.8 Å². The molecule has 1 unspecified atom stereocenters. The predicted octanol–water partition coefficient (Wildman–Crippen LogP) is 4.63. The number of rotatable bonds is 9. The molecule has 1 aromatic heterocycles. The normalized spacial score (nSPS) is 15.6. The number of nitrogens with zero attached hydrogens (tertiary/aromatic N) is 2. The van der Waals surface area contributed by atoms with Crippen molar-refractivity contribution in [2.75, 3.05) is 20.3 Å². The zero-order valence-corrected chi connectivity index (χ0v) is 18.1. The summed E-state index contributed by atoms with van der Waals surface area (Å²) in [7, 11) is 1.63. The van der Waals surface area contributed by atoms with Gasteiger partial charge in [-0.3, -0.25) is 4.79 Å². The second kappa shape index (κ2) is 10.4. The van der Waals surface area contributed by atoms with Gasteiger partial charge in [0, 0.05) is 38.1 Å². The molecule has 1 aliphatic heterocycles. The molecule has 0 spiro atoms. The molecule has 1 fully saturated rings. The van der Waals surface area contributed by atoms with Crippen LogP contribution >= 0.6 is 0 Å². The largest absolute Gasteiger partial charge is 0.497 e. The summed E-state index contributed by atoms with van der Waals surface area (Å²) in [4.78, 5) is 19.2. The molecule has 0 aliphatic carbocycles. The number of carbonyl (C=O) groups excluding carboxylic acids is 1. The highest BCUT2D eigenvalue weighted by Gasteiger charge is 2.23. The minimum Gasteiger partial charge on any atom is -0.497 e. The summed E-state index contributed by atoms with van der Waals surface area (Å²) < 4.78 is 30.0. The summed E-state index contributed by atoms with van der Waals surface area (Å²) in [6, 6.07) is 13.8. The molecular formula is C25H27FN2O4. The maximum absolute atomic E-state index is 13.1. The fourth-order valence-electron chi connectivity index (χ4n) is 3.83. The van der Waals surface area contributed by atoms with Gasteiger partial charge in [-0.2, -0.15) is 0 Å². The average Bonchev–Trinajstić information content (AvgIpc) is 3.50. The van der Waals surface area contributed by atoms with Crippen LogP contribution in [0.3, 0.4) is 0 Å². The van der Waals surface area contributed by atoms with Crippen molar-refractivity contribution in [1.29, 1.82) is 0 Å². The van der Waals surface area contributed by atoms with E-state index in [-0.39, 0.29) is 24.2 Å². The molecule has 2 heterocycles. The van der Waals surface area contributed by atoms with Crippen molar-refractivity contribution in [3.05, 3.63) is 72.0 Å². The van der Waals surface area contributed by atoms with E-state index in [2.05, 4.69) is 4.98 Å². The van der Waals surface area contributed by atoms with Crippen LogP contribution in [0.1, 0.15) is 30.7 Å². The molecule has 6 nitrogen and oxygen atoms in total. The Morgan fingerprint density at radius 1 is 1.25 bits per heavy atom. The molecule has 0 saturated carbocycles. The van der Waals surface area contributed by atoms with E-state index in [1.54, 1.807) is 25.4 Å². The van der Waals surface area contributed by atoms with Crippen LogP contribution in [-0.2, 0) is 22.5 Å². The quantitative estimate of drug-likeness (QED) is 0.487. The van der Waals surface area contributed by atoms with Gasteiger partial charge in [0.05, 0.1) is 19.4 Å². The summed E-state index contributed by atoms with van der Waals surface area (Å²) in [6.45, 7) is 1.79. The maximum Gasteiger partial charge on any atom is 0.223 e. The summed E-state index contributed by atoms with van der Waals surface area (Å²) in [6.07, 6.45) is 4.32. The summed E-state index contributed by atoms with van der Waals surface area (Å²) in [5, 5.41) is 0. The Labute approximate surface area is 187 Å². The number of carbonyl (C=O) groups is 1. The molecule has 1 aliphatic rings. The van der Waals surface area contributed by atoms with E-state index in [1.807, 2.05) is 29.2 Å². The van der Waals surface area contributed by atoms with Crippen LogP contribution in [0.15, 0.2) is 59.1 Å². The Kier molecular flexibility index (Phi) is 7.17. The second-order valence-electron chi connectivity index (χ2n) is 7.89. The fourth-order valence-corrected chi connectivity index (χ4v) is 3.83. The summed E-state index contributed by atoms with van der Waals surface area (Å²) in [5.74, 6) is 1.52. The van der Waals surface area contributed by atoms with Crippen molar-refractivity contribution in [2.45, 2.75) is 38.3 Å². The van der Waals surface area contributed by atoms with Gasteiger partial charge in [0.1, 0.15) is 11.6 Å². The Hall–Kier alpha value is -3.19. The number of benzene rings is 2. The van der Waals surface area contributed by atoms with Gasteiger partial charge in [-0.25, -0.2) is 9.37 Å². The zero-order chi connectivity index (χ0) is 22.3. The van der Waals surface area contributed by atoms with Gasteiger partial charge >= 0.3 is 0 Å². The Morgan fingerprint density at radius 3 is 2.84 bits per heavy atom. The lowest BCUT2D eigenvalue weighted by atomic mass is 10.1. The highest BCUT2D eigenvalue weighted by molar-refractivity contribution is 5.76. The van der Waals surface area contributed by atoms with E-state index in [0.29, 0.717) is 31.2 Å². The molecule has 2 aromatic carbocycles. The van der Waals surface area contributed by atoms with Crippen molar-refractivity contribution in [3.63, 3.8) is 0 Å². The molecule has 0 radical (unpaired) electrons. The first-order chi connectivity index (χ1) is 15.6. The third kappa shape index (κ3) is 5.73. The molecule has 32 heavy (non-hydrogen) atoms. The highest BCUT2D eigenvalue weighted by atomic mass is 19.1. The first-order valence-electron chi connectivity index (χ1n) is 10.8. The van der Waals surface area contributed by atoms with E-state index in [0.717, 1.165) is 36.3 Å². The molecule has 1 atom stereocenters. The topological polar surface area (TPSA) is 64.8 Å². The number of halogens is 1. The molecule has 7 heteroatoms. The minimum atomic E-state index is -0.304.